The molecule has 0 amide bonds. The molecule has 0 radical (unpaired) electrons. The van der Waals surface area contributed by atoms with E-state index in [9.17, 15) is 13.9 Å². The average molecular weight is 428 g/mol. The molecule has 152 valence electrons. The molecule has 0 unspecified atom stereocenters. The first kappa shape index (κ1) is 20.0. The molecule has 0 fully saturated rings. The number of nitrogens with zero attached hydrogens (tertiary/aromatic N) is 5. The van der Waals surface area contributed by atoms with Crippen LogP contribution in [0.15, 0.2) is 36.7 Å². The SMILES string of the molecule is CN(c1cc(F)cc(C#CC(C)(C)O)c1)c1nc2nncn2c2cc(Cl)c(F)cc12. The second-order valence-electron chi connectivity index (χ2n) is 7.29. The third-order valence-electron chi connectivity index (χ3n) is 4.38. The van der Waals surface area contributed by atoms with Gasteiger partial charge in [0.1, 0.15) is 29.4 Å². The van der Waals surface area contributed by atoms with Crippen LogP contribution in [0.3, 0.4) is 0 Å². The first-order valence-electron chi connectivity index (χ1n) is 8.91. The summed E-state index contributed by atoms with van der Waals surface area (Å²) in [6, 6.07) is 6.96. The zero-order valence-corrected chi connectivity index (χ0v) is 17.0. The van der Waals surface area contributed by atoms with Crippen LogP contribution in [-0.2, 0) is 0 Å². The van der Waals surface area contributed by atoms with E-state index in [0.29, 0.717) is 28.0 Å². The standard InChI is InChI=1S/C21H16ClF2N5O/c1-21(2,30)5-4-12-6-13(23)8-14(7-12)28(3)19-15-9-17(24)16(22)10-18(15)29-11-25-27-20(29)26-19/h6-11,30H,1-3H3. The zero-order chi connectivity index (χ0) is 21.6. The van der Waals surface area contributed by atoms with Crippen molar-refractivity contribution < 1.29 is 13.9 Å². The predicted octanol–water partition coefficient (Wildman–Crippen LogP) is 4.10. The number of benzene rings is 2. The van der Waals surface area contributed by atoms with Crippen molar-refractivity contribution in [1.29, 1.82) is 0 Å². The molecule has 9 heteroatoms. The highest BCUT2D eigenvalue weighted by atomic mass is 35.5. The highest BCUT2D eigenvalue weighted by Gasteiger charge is 2.18. The summed E-state index contributed by atoms with van der Waals surface area (Å²) in [5.74, 6) is 4.92. The van der Waals surface area contributed by atoms with Crippen LogP contribution in [-0.4, -0.2) is 37.3 Å². The predicted molar refractivity (Wildman–Crippen MR) is 111 cm³/mol. The Labute approximate surface area is 175 Å². The molecular formula is C21H16ClF2N5O. The van der Waals surface area contributed by atoms with Crippen LogP contribution in [0.4, 0.5) is 20.3 Å². The lowest BCUT2D eigenvalue weighted by Gasteiger charge is -2.21. The van der Waals surface area contributed by atoms with Crippen molar-refractivity contribution in [3.8, 4) is 11.8 Å². The number of anilines is 2. The molecule has 0 bridgehead atoms. The van der Waals surface area contributed by atoms with E-state index < -0.39 is 17.2 Å². The van der Waals surface area contributed by atoms with Crippen LogP contribution in [0.25, 0.3) is 16.7 Å². The van der Waals surface area contributed by atoms with Gasteiger partial charge in [0, 0.05) is 23.7 Å². The number of aromatic nitrogens is 4. The molecule has 0 saturated heterocycles. The molecule has 4 aromatic rings. The highest BCUT2D eigenvalue weighted by molar-refractivity contribution is 6.31. The molecule has 6 nitrogen and oxygen atoms in total. The second kappa shape index (κ2) is 7.20. The minimum atomic E-state index is -1.22. The van der Waals surface area contributed by atoms with Gasteiger partial charge in [-0.15, -0.1) is 10.2 Å². The van der Waals surface area contributed by atoms with Crippen molar-refractivity contribution >= 4 is 39.8 Å². The Morgan fingerprint density at radius 2 is 1.93 bits per heavy atom. The normalized spacial score (nSPS) is 11.6. The largest absolute Gasteiger partial charge is 0.378 e. The van der Waals surface area contributed by atoms with Gasteiger partial charge < -0.3 is 10.0 Å². The van der Waals surface area contributed by atoms with Crippen molar-refractivity contribution in [2.75, 3.05) is 11.9 Å². The van der Waals surface area contributed by atoms with E-state index in [1.54, 1.807) is 22.4 Å². The Kier molecular flexibility index (Phi) is 4.80. The summed E-state index contributed by atoms with van der Waals surface area (Å²) in [5.41, 5.74) is 0.145. The number of hydrogen-bond acceptors (Lipinski definition) is 5. The molecule has 4 rings (SSSR count). The summed E-state index contributed by atoms with van der Waals surface area (Å²) in [6.45, 7) is 3.08. The van der Waals surface area contributed by atoms with Crippen LogP contribution in [0.1, 0.15) is 19.4 Å². The van der Waals surface area contributed by atoms with Crippen LogP contribution in [0.2, 0.25) is 5.02 Å². The Bertz CT molecular complexity index is 1350. The van der Waals surface area contributed by atoms with E-state index >= 15 is 0 Å². The van der Waals surface area contributed by atoms with Gasteiger partial charge >= 0.3 is 0 Å². The second-order valence-corrected chi connectivity index (χ2v) is 7.69. The molecular weight excluding hydrogens is 412 g/mol. The molecule has 0 aliphatic rings. The lowest BCUT2D eigenvalue weighted by molar-refractivity contribution is 0.143. The van der Waals surface area contributed by atoms with Crippen molar-refractivity contribution in [1.82, 2.24) is 19.6 Å². The van der Waals surface area contributed by atoms with Gasteiger partial charge in [-0.25, -0.2) is 8.78 Å². The Morgan fingerprint density at radius 3 is 2.67 bits per heavy atom. The van der Waals surface area contributed by atoms with Gasteiger partial charge in [-0.1, -0.05) is 23.4 Å². The van der Waals surface area contributed by atoms with E-state index in [4.69, 9.17) is 11.6 Å². The summed E-state index contributed by atoms with van der Waals surface area (Å²) in [5, 5.41) is 18.0. The summed E-state index contributed by atoms with van der Waals surface area (Å²) in [7, 11) is 1.67. The quantitative estimate of drug-likeness (QED) is 0.488. The first-order chi connectivity index (χ1) is 14.1. The average Bonchev–Trinajstić information content (AvgIpc) is 3.14. The molecule has 0 spiro atoms. The number of hydrogen-bond donors (Lipinski definition) is 1. The summed E-state index contributed by atoms with van der Waals surface area (Å²) < 4.78 is 30.1. The number of halogens is 3. The number of rotatable bonds is 2. The summed E-state index contributed by atoms with van der Waals surface area (Å²) in [4.78, 5) is 6.06. The fourth-order valence-corrected chi connectivity index (χ4v) is 3.15. The molecule has 1 N–H and O–H groups in total. The Hall–Kier alpha value is -3.28. The highest BCUT2D eigenvalue weighted by Crippen LogP contribution is 2.33. The molecule has 0 saturated carbocycles. The van der Waals surface area contributed by atoms with E-state index in [-0.39, 0.29) is 10.8 Å². The maximum atomic E-state index is 14.3. The van der Waals surface area contributed by atoms with Crippen LogP contribution in [0, 0.1) is 23.5 Å². The van der Waals surface area contributed by atoms with Gasteiger partial charge in [-0.05, 0) is 44.2 Å². The fraction of sp³-hybridized carbons (Fsp3) is 0.190. The first-order valence-corrected chi connectivity index (χ1v) is 9.28. The van der Waals surface area contributed by atoms with E-state index in [1.807, 2.05) is 0 Å². The maximum absolute atomic E-state index is 14.3. The number of fused-ring (bicyclic) bond motifs is 3. The maximum Gasteiger partial charge on any atom is 0.257 e. The van der Waals surface area contributed by atoms with Gasteiger partial charge in [0.05, 0.1) is 10.5 Å². The van der Waals surface area contributed by atoms with Crippen molar-refractivity contribution in [3.05, 3.63) is 58.9 Å². The molecule has 2 aromatic carbocycles. The topological polar surface area (TPSA) is 66.5 Å². The minimum Gasteiger partial charge on any atom is -0.378 e. The van der Waals surface area contributed by atoms with Crippen LogP contribution >= 0.6 is 11.6 Å². The lowest BCUT2D eigenvalue weighted by Crippen LogP contribution is -2.15. The molecule has 0 aliphatic heterocycles. The summed E-state index contributed by atoms with van der Waals surface area (Å²) >= 11 is 5.97. The van der Waals surface area contributed by atoms with Crippen molar-refractivity contribution in [3.63, 3.8) is 0 Å². The third kappa shape index (κ3) is 3.77. The van der Waals surface area contributed by atoms with Crippen LogP contribution in [0.5, 0.6) is 0 Å². The van der Waals surface area contributed by atoms with Gasteiger partial charge in [-0.3, -0.25) is 4.40 Å². The molecule has 0 atom stereocenters. The zero-order valence-electron chi connectivity index (χ0n) is 16.3. The van der Waals surface area contributed by atoms with Gasteiger partial charge in [0.15, 0.2) is 0 Å². The van der Waals surface area contributed by atoms with Crippen LogP contribution < -0.4 is 4.90 Å². The minimum absolute atomic E-state index is 0.0489. The van der Waals surface area contributed by atoms with Gasteiger partial charge in [0.25, 0.3) is 5.78 Å². The summed E-state index contributed by atoms with van der Waals surface area (Å²) in [6.07, 6.45) is 1.45. The van der Waals surface area contributed by atoms with E-state index in [2.05, 4.69) is 27.0 Å². The molecule has 0 aliphatic carbocycles. The van der Waals surface area contributed by atoms with Gasteiger partial charge in [0.2, 0.25) is 0 Å². The van der Waals surface area contributed by atoms with E-state index in [0.717, 1.165) is 0 Å². The monoisotopic (exact) mass is 427 g/mol. The molecule has 30 heavy (non-hydrogen) atoms. The van der Waals surface area contributed by atoms with E-state index in [1.165, 1.54) is 44.4 Å². The lowest BCUT2D eigenvalue weighted by atomic mass is 10.1. The molecule has 2 heterocycles. The van der Waals surface area contributed by atoms with Gasteiger partial charge in [-0.2, -0.15) is 4.98 Å². The smallest absolute Gasteiger partial charge is 0.257 e. The Balaban J connectivity index is 1.91. The third-order valence-corrected chi connectivity index (χ3v) is 4.66. The Morgan fingerprint density at radius 1 is 1.17 bits per heavy atom. The fourth-order valence-electron chi connectivity index (χ4n) is 2.99. The van der Waals surface area contributed by atoms with Crippen molar-refractivity contribution in [2.24, 2.45) is 0 Å². The number of aliphatic hydroxyl groups is 1. The molecule has 2 aromatic heterocycles. The van der Waals surface area contributed by atoms with Crippen molar-refractivity contribution in [2.45, 2.75) is 19.4 Å².